The minimum absolute atomic E-state index is 0.0473. The lowest BCUT2D eigenvalue weighted by atomic mass is 9.87. The van der Waals surface area contributed by atoms with Crippen LogP contribution in [0.1, 0.15) is 17.5 Å². The maximum absolute atomic E-state index is 9.81. The molecule has 13 heteroatoms. The van der Waals surface area contributed by atoms with Crippen molar-refractivity contribution in [1.82, 2.24) is 34.8 Å². The van der Waals surface area contributed by atoms with Gasteiger partial charge in [-0.05, 0) is 18.1 Å². The summed E-state index contributed by atoms with van der Waals surface area (Å²) in [4.78, 5) is 18.7. The Labute approximate surface area is 242 Å². The summed E-state index contributed by atoms with van der Waals surface area (Å²) in [7, 11) is 1.63. The van der Waals surface area contributed by atoms with E-state index in [2.05, 4.69) is 37.3 Å². The van der Waals surface area contributed by atoms with Gasteiger partial charge in [-0.2, -0.15) is 5.26 Å². The minimum Gasteiger partial charge on any atom is -0.489 e. The molecule has 0 amide bonds. The first kappa shape index (κ1) is 26.4. The molecule has 3 atom stereocenters. The number of hydrogen-bond acceptors (Lipinski definition) is 12. The molecule has 0 radical (unpaired) electrons. The fraction of sp³-hybridized carbons (Fsp3) is 0.414. The first-order chi connectivity index (χ1) is 20.6. The molecule has 4 saturated heterocycles. The van der Waals surface area contributed by atoms with Crippen molar-refractivity contribution in [3.63, 3.8) is 0 Å². The molecule has 0 aromatic carbocycles. The molecule has 4 aromatic rings. The number of nitriles is 1. The standard InChI is InChI=1S/C29H32N10O3/c1-40-27-3-2-18(9-35-27)13-38-19-6-20(38)15-37(14-19)26-12-33-25(11-34-26)23-7-21(42-17-22-10-32-4-5-41-22)16-39-28(23)24(8-30)29(31)36-39/h2-3,7,9,11-12,16,19-20,22,32H,4-6,10,13-15,17H2,1H3,(H2,31,36)/t19?,20?,22-/m0/s1. The molecule has 4 aromatic heterocycles. The number of nitrogens with zero attached hydrogens (tertiary/aromatic N) is 8. The molecular weight excluding hydrogens is 536 g/mol. The van der Waals surface area contributed by atoms with E-state index in [9.17, 15) is 5.26 Å². The van der Waals surface area contributed by atoms with E-state index < -0.39 is 0 Å². The van der Waals surface area contributed by atoms with Crippen molar-refractivity contribution in [2.75, 3.05) is 57.1 Å². The Morgan fingerprint density at radius 3 is 2.74 bits per heavy atom. The van der Waals surface area contributed by atoms with Crippen LogP contribution in [-0.2, 0) is 11.3 Å². The maximum atomic E-state index is 9.81. The zero-order valence-corrected chi connectivity index (χ0v) is 23.3. The Bertz CT molecular complexity index is 1600. The first-order valence-electron chi connectivity index (χ1n) is 14.1. The van der Waals surface area contributed by atoms with Crippen LogP contribution in [0.25, 0.3) is 16.8 Å². The van der Waals surface area contributed by atoms with E-state index in [1.54, 1.807) is 30.2 Å². The lowest BCUT2D eigenvalue weighted by Gasteiger charge is -2.56. The molecule has 8 rings (SSSR count). The number of fused-ring (bicyclic) bond motifs is 3. The molecule has 42 heavy (non-hydrogen) atoms. The molecule has 4 fully saturated rings. The average Bonchev–Trinajstić information content (AvgIpc) is 3.37. The van der Waals surface area contributed by atoms with Gasteiger partial charge in [0.2, 0.25) is 5.88 Å². The van der Waals surface area contributed by atoms with Crippen molar-refractivity contribution in [2.45, 2.75) is 31.2 Å². The minimum atomic E-state index is -0.0473. The average molecular weight is 569 g/mol. The number of morpholine rings is 1. The zero-order chi connectivity index (χ0) is 28.6. The van der Waals surface area contributed by atoms with Crippen molar-refractivity contribution in [3.05, 3.63) is 54.1 Å². The van der Waals surface area contributed by atoms with E-state index in [1.165, 1.54) is 12.0 Å². The third kappa shape index (κ3) is 4.94. The Kier molecular flexibility index (Phi) is 6.94. The molecule has 216 valence electrons. The highest BCUT2D eigenvalue weighted by atomic mass is 16.5. The second-order valence-electron chi connectivity index (χ2n) is 10.9. The first-order valence-corrected chi connectivity index (χ1v) is 14.1. The van der Waals surface area contributed by atoms with Crippen LogP contribution in [0.5, 0.6) is 11.6 Å². The molecule has 0 saturated carbocycles. The fourth-order valence-electron chi connectivity index (χ4n) is 6.06. The fourth-order valence-corrected chi connectivity index (χ4v) is 6.06. The molecule has 3 N–H and O–H groups in total. The van der Waals surface area contributed by atoms with E-state index >= 15 is 0 Å². The van der Waals surface area contributed by atoms with Crippen molar-refractivity contribution in [2.24, 2.45) is 0 Å². The summed E-state index contributed by atoms with van der Waals surface area (Å²) in [5.41, 5.74) is 9.42. The van der Waals surface area contributed by atoms with Crippen LogP contribution in [-0.4, -0.2) is 94.2 Å². The highest BCUT2D eigenvalue weighted by molar-refractivity contribution is 5.86. The molecule has 2 unspecified atom stereocenters. The molecular formula is C29H32N10O3. The number of aromatic nitrogens is 5. The third-order valence-corrected chi connectivity index (χ3v) is 8.24. The lowest BCUT2D eigenvalue weighted by molar-refractivity contribution is -0.00879. The van der Waals surface area contributed by atoms with E-state index in [4.69, 9.17) is 29.9 Å². The molecule has 4 aliphatic rings. The number of pyridine rings is 2. The molecule has 13 nitrogen and oxygen atoms in total. The second kappa shape index (κ2) is 11.1. The molecule has 8 heterocycles. The lowest BCUT2D eigenvalue weighted by Crippen LogP contribution is -2.68. The Morgan fingerprint density at radius 1 is 1.17 bits per heavy atom. The maximum Gasteiger partial charge on any atom is 0.212 e. The van der Waals surface area contributed by atoms with Gasteiger partial charge in [0.1, 0.15) is 35.9 Å². The van der Waals surface area contributed by atoms with Crippen LogP contribution in [0, 0.1) is 11.3 Å². The van der Waals surface area contributed by atoms with Crippen molar-refractivity contribution in [1.29, 1.82) is 5.26 Å². The monoisotopic (exact) mass is 568 g/mol. The van der Waals surface area contributed by atoms with Gasteiger partial charge in [-0.3, -0.25) is 9.88 Å². The summed E-state index contributed by atoms with van der Waals surface area (Å²) in [6, 6.07) is 8.94. The zero-order valence-electron chi connectivity index (χ0n) is 23.3. The van der Waals surface area contributed by atoms with Gasteiger partial charge in [0, 0.05) is 62.6 Å². The largest absolute Gasteiger partial charge is 0.489 e. The van der Waals surface area contributed by atoms with Gasteiger partial charge in [0.15, 0.2) is 5.82 Å². The van der Waals surface area contributed by atoms with Gasteiger partial charge in [-0.1, -0.05) is 6.07 Å². The number of piperazine rings is 1. The topological polar surface area (TPSA) is 152 Å². The van der Waals surface area contributed by atoms with Crippen LogP contribution < -0.4 is 25.4 Å². The van der Waals surface area contributed by atoms with Gasteiger partial charge in [0.25, 0.3) is 0 Å². The van der Waals surface area contributed by atoms with Gasteiger partial charge in [-0.25, -0.2) is 14.5 Å². The summed E-state index contributed by atoms with van der Waals surface area (Å²) >= 11 is 0. The summed E-state index contributed by atoms with van der Waals surface area (Å²) in [6.07, 6.45) is 8.29. The van der Waals surface area contributed by atoms with E-state index in [0.29, 0.717) is 59.3 Å². The Morgan fingerprint density at radius 2 is 2.05 bits per heavy atom. The number of piperidine rings is 1. The predicted molar refractivity (Wildman–Crippen MR) is 154 cm³/mol. The van der Waals surface area contributed by atoms with Crippen LogP contribution >= 0.6 is 0 Å². The number of methoxy groups -OCH3 is 1. The number of nitrogens with two attached hydrogens (primary N) is 1. The molecule has 0 spiro atoms. The van der Waals surface area contributed by atoms with E-state index in [-0.39, 0.29) is 11.9 Å². The number of hydrogen-bond donors (Lipinski definition) is 2. The van der Waals surface area contributed by atoms with Crippen molar-refractivity contribution < 1.29 is 14.2 Å². The molecule has 2 bridgehead atoms. The van der Waals surface area contributed by atoms with E-state index in [0.717, 1.165) is 38.5 Å². The highest BCUT2D eigenvalue weighted by Gasteiger charge is 2.44. The van der Waals surface area contributed by atoms with Crippen LogP contribution in [0.2, 0.25) is 0 Å². The third-order valence-electron chi connectivity index (χ3n) is 8.24. The summed E-state index contributed by atoms with van der Waals surface area (Å²) in [5.74, 6) is 2.19. The van der Waals surface area contributed by atoms with Gasteiger partial charge >= 0.3 is 0 Å². The molecule has 4 aliphatic heterocycles. The van der Waals surface area contributed by atoms with Gasteiger partial charge < -0.3 is 30.2 Å². The van der Waals surface area contributed by atoms with Crippen LogP contribution in [0.3, 0.4) is 0 Å². The summed E-state index contributed by atoms with van der Waals surface area (Å²) in [5, 5.41) is 17.5. The summed E-state index contributed by atoms with van der Waals surface area (Å²) in [6.45, 7) is 5.24. The van der Waals surface area contributed by atoms with E-state index in [1.807, 2.05) is 18.3 Å². The summed E-state index contributed by atoms with van der Waals surface area (Å²) < 4.78 is 18.6. The number of nitrogen functional groups attached to an aromatic ring is 1. The Balaban J connectivity index is 1.08. The Hall–Kier alpha value is -4.51. The number of nitrogens with one attached hydrogen (secondary N) is 1. The number of anilines is 2. The van der Waals surface area contributed by atoms with Crippen molar-refractivity contribution in [3.8, 4) is 29.0 Å². The number of ether oxygens (including phenoxy) is 3. The predicted octanol–water partition coefficient (Wildman–Crippen LogP) is 1.48. The van der Waals surface area contributed by atoms with Crippen LogP contribution in [0.15, 0.2) is 43.0 Å². The van der Waals surface area contributed by atoms with Crippen molar-refractivity contribution >= 4 is 17.2 Å². The second-order valence-corrected chi connectivity index (χ2v) is 10.9. The van der Waals surface area contributed by atoms with Crippen LogP contribution in [0.4, 0.5) is 11.6 Å². The SMILES string of the molecule is COc1ccc(CN2C3CC2CN(c2cnc(-c4cc(OC[C@@H]5CNCCO5)cn5nc(N)c(C#N)c45)cn2)C3)cn1. The smallest absolute Gasteiger partial charge is 0.212 e. The van der Waals surface area contributed by atoms with Gasteiger partial charge in [-0.15, -0.1) is 5.10 Å². The normalized spacial score (nSPS) is 22.0. The molecule has 0 aliphatic carbocycles. The quantitative estimate of drug-likeness (QED) is 0.317. The number of rotatable bonds is 8. The highest BCUT2D eigenvalue weighted by Crippen LogP contribution is 2.36. The van der Waals surface area contributed by atoms with Gasteiger partial charge in [0.05, 0.1) is 43.5 Å².